The van der Waals surface area contributed by atoms with Crippen LogP contribution in [0.5, 0.6) is 5.75 Å². The van der Waals surface area contributed by atoms with Crippen LogP contribution in [0.2, 0.25) is 0 Å². The summed E-state index contributed by atoms with van der Waals surface area (Å²) in [5, 5.41) is 4.30. The van der Waals surface area contributed by atoms with Crippen molar-refractivity contribution in [3.63, 3.8) is 0 Å². The van der Waals surface area contributed by atoms with E-state index in [1.807, 2.05) is 0 Å². The molecule has 0 aliphatic carbocycles. The molecule has 0 fully saturated rings. The number of rotatable bonds is 6. The number of nitrogens with two attached hydrogens (primary N) is 1. The number of hydrogen-bond acceptors (Lipinski definition) is 6. The summed E-state index contributed by atoms with van der Waals surface area (Å²) >= 11 is 3.24. The Kier molecular flexibility index (Phi) is 5.08. The number of anilines is 1. The number of furan rings is 1. The Hall–Kier alpha value is -3.07. The van der Waals surface area contributed by atoms with Crippen molar-refractivity contribution in [1.29, 1.82) is 0 Å². The maximum absolute atomic E-state index is 12.3. The number of nitrogens with zero attached hydrogens (tertiary/aromatic N) is 4. The van der Waals surface area contributed by atoms with Gasteiger partial charge < -0.3 is 19.8 Å². The molecule has 2 N–H and O–H groups in total. The number of aromatic nitrogens is 3. The number of fused-ring (bicyclic) bond motifs is 1. The smallest absolute Gasteiger partial charge is 0.415 e. The van der Waals surface area contributed by atoms with Crippen molar-refractivity contribution < 1.29 is 13.9 Å². The molecule has 134 valence electrons. The first-order chi connectivity index (χ1) is 12.5. The van der Waals surface area contributed by atoms with Gasteiger partial charge in [-0.2, -0.15) is 4.52 Å². The zero-order chi connectivity index (χ0) is 18.7. The molecule has 0 saturated heterocycles. The van der Waals surface area contributed by atoms with Crippen molar-refractivity contribution in [1.82, 2.24) is 19.5 Å². The van der Waals surface area contributed by atoms with Gasteiger partial charge in [0.15, 0.2) is 16.1 Å². The van der Waals surface area contributed by atoms with Gasteiger partial charge in [-0.15, -0.1) is 18.3 Å². The van der Waals surface area contributed by atoms with E-state index in [1.54, 1.807) is 30.4 Å². The summed E-state index contributed by atoms with van der Waals surface area (Å²) in [5.74, 6) is 1.39. The van der Waals surface area contributed by atoms with Gasteiger partial charge in [-0.3, -0.25) is 0 Å². The normalized spacial score (nSPS) is 10.7. The van der Waals surface area contributed by atoms with E-state index in [1.165, 1.54) is 15.5 Å². The lowest BCUT2D eigenvalue weighted by Gasteiger charge is -2.18. The minimum Gasteiger partial charge on any atom is -0.446 e. The van der Waals surface area contributed by atoms with E-state index < -0.39 is 6.09 Å². The minimum atomic E-state index is -0.539. The summed E-state index contributed by atoms with van der Waals surface area (Å²) in [6, 6.07) is 6.55. The SMILES string of the molecule is C=CCN(CC=C)C(=O)Oc1cc(N)n2nc(-c3ccc(Br)o3)nc2c1. The lowest BCUT2D eigenvalue weighted by molar-refractivity contribution is 0.162. The number of amides is 1. The second-order valence-corrected chi connectivity index (χ2v) is 6.06. The Labute approximate surface area is 157 Å². The van der Waals surface area contributed by atoms with E-state index >= 15 is 0 Å². The maximum Gasteiger partial charge on any atom is 0.415 e. The highest BCUT2D eigenvalue weighted by molar-refractivity contribution is 9.10. The number of carbonyl (C=O) groups is 1. The van der Waals surface area contributed by atoms with Gasteiger partial charge >= 0.3 is 6.09 Å². The number of hydrogen-bond donors (Lipinski definition) is 1. The van der Waals surface area contributed by atoms with Crippen LogP contribution in [0.1, 0.15) is 0 Å². The van der Waals surface area contributed by atoms with Gasteiger partial charge in [-0.05, 0) is 28.1 Å². The molecule has 3 aromatic heterocycles. The van der Waals surface area contributed by atoms with E-state index in [-0.39, 0.29) is 11.6 Å². The molecule has 8 nitrogen and oxygen atoms in total. The van der Waals surface area contributed by atoms with Crippen molar-refractivity contribution in [2.45, 2.75) is 0 Å². The summed E-state index contributed by atoms with van der Waals surface area (Å²) in [6.07, 6.45) is 2.67. The topological polar surface area (TPSA) is 98.9 Å². The van der Waals surface area contributed by atoms with Gasteiger partial charge in [0.25, 0.3) is 0 Å². The van der Waals surface area contributed by atoms with E-state index in [0.717, 1.165) is 0 Å². The van der Waals surface area contributed by atoms with Crippen molar-refractivity contribution in [3.8, 4) is 17.3 Å². The molecule has 26 heavy (non-hydrogen) atoms. The summed E-state index contributed by atoms with van der Waals surface area (Å²) < 4.78 is 12.8. The van der Waals surface area contributed by atoms with Crippen LogP contribution in [0.4, 0.5) is 10.6 Å². The van der Waals surface area contributed by atoms with Crippen LogP contribution in [-0.2, 0) is 0 Å². The van der Waals surface area contributed by atoms with Gasteiger partial charge in [-0.25, -0.2) is 9.78 Å². The first-order valence-corrected chi connectivity index (χ1v) is 8.41. The Morgan fingerprint density at radius 1 is 1.35 bits per heavy atom. The molecular formula is C17H16BrN5O3. The molecular weight excluding hydrogens is 402 g/mol. The summed E-state index contributed by atoms with van der Waals surface area (Å²) in [4.78, 5) is 18.1. The van der Waals surface area contributed by atoms with Crippen LogP contribution in [0.25, 0.3) is 17.2 Å². The van der Waals surface area contributed by atoms with Crippen LogP contribution < -0.4 is 10.5 Å². The molecule has 3 aromatic rings. The standard InChI is InChI=1S/C17H16BrN5O3/c1-3-7-22(8-4-2)17(24)25-11-9-14(19)23-15(10-11)20-16(21-23)12-5-6-13(18)26-12/h3-6,9-10H,1-2,7-8,19H2. The van der Waals surface area contributed by atoms with Crippen LogP contribution in [0, 0.1) is 0 Å². The first-order valence-electron chi connectivity index (χ1n) is 7.62. The van der Waals surface area contributed by atoms with Gasteiger partial charge in [0.1, 0.15) is 11.6 Å². The Balaban J connectivity index is 1.89. The van der Waals surface area contributed by atoms with Crippen LogP contribution >= 0.6 is 15.9 Å². The molecule has 0 unspecified atom stereocenters. The lowest BCUT2D eigenvalue weighted by atomic mass is 10.4. The Morgan fingerprint density at radius 3 is 2.69 bits per heavy atom. The average Bonchev–Trinajstić information content (AvgIpc) is 3.21. The van der Waals surface area contributed by atoms with Crippen molar-refractivity contribution >= 4 is 33.5 Å². The van der Waals surface area contributed by atoms with Gasteiger partial charge in [-0.1, -0.05) is 12.2 Å². The van der Waals surface area contributed by atoms with E-state index in [0.29, 0.717) is 35.0 Å². The monoisotopic (exact) mass is 417 g/mol. The molecule has 0 atom stereocenters. The molecule has 3 heterocycles. The highest BCUT2D eigenvalue weighted by Gasteiger charge is 2.17. The summed E-state index contributed by atoms with van der Waals surface area (Å²) in [6.45, 7) is 7.92. The third kappa shape index (κ3) is 3.62. The number of ether oxygens (including phenoxy) is 1. The predicted octanol–water partition coefficient (Wildman–Crippen LogP) is 3.51. The predicted molar refractivity (Wildman–Crippen MR) is 101 cm³/mol. The van der Waals surface area contributed by atoms with Gasteiger partial charge in [0.2, 0.25) is 5.82 Å². The molecule has 0 aromatic carbocycles. The van der Waals surface area contributed by atoms with Crippen LogP contribution in [0.15, 0.2) is 58.7 Å². The van der Waals surface area contributed by atoms with Crippen molar-refractivity contribution in [3.05, 3.63) is 54.2 Å². The number of carbonyl (C=O) groups excluding carboxylic acids is 1. The van der Waals surface area contributed by atoms with Gasteiger partial charge in [0.05, 0.1) is 0 Å². The fourth-order valence-electron chi connectivity index (χ4n) is 2.28. The van der Waals surface area contributed by atoms with Crippen molar-refractivity contribution in [2.75, 3.05) is 18.8 Å². The summed E-state index contributed by atoms with van der Waals surface area (Å²) in [7, 11) is 0. The second-order valence-electron chi connectivity index (χ2n) is 5.28. The molecule has 3 rings (SSSR count). The molecule has 1 amide bonds. The molecule has 0 saturated carbocycles. The first kappa shape index (κ1) is 17.7. The number of pyridine rings is 1. The molecule has 0 aliphatic heterocycles. The Morgan fingerprint density at radius 2 is 2.08 bits per heavy atom. The van der Waals surface area contributed by atoms with E-state index in [9.17, 15) is 4.79 Å². The molecule has 9 heteroatoms. The lowest BCUT2D eigenvalue weighted by Crippen LogP contribution is -2.33. The fourth-order valence-corrected chi connectivity index (χ4v) is 2.59. The number of nitrogen functional groups attached to an aromatic ring is 1. The van der Waals surface area contributed by atoms with E-state index in [2.05, 4.69) is 39.2 Å². The summed E-state index contributed by atoms with van der Waals surface area (Å²) in [5.41, 5.74) is 6.43. The fraction of sp³-hybridized carbons (Fsp3) is 0.118. The highest BCUT2D eigenvalue weighted by Crippen LogP contribution is 2.25. The van der Waals surface area contributed by atoms with E-state index in [4.69, 9.17) is 14.9 Å². The molecule has 0 spiro atoms. The zero-order valence-electron chi connectivity index (χ0n) is 13.8. The number of halogens is 1. The van der Waals surface area contributed by atoms with Crippen LogP contribution in [-0.4, -0.2) is 38.7 Å². The zero-order valence-corrected chi connectivity index (χ0v) is 15.3. The average molecular weight is 418 g/mol. The highest BCUT2D eigenvalue weighted by atomic mass is 79.9. The minimum absolute atomic E-state index is 0.262. The molecule has 0 radical (unpaired) electrons. The third-order valence-electron chi connectivity index (χ3n) is 3.39. The Bertz CT molecular complexity index is 968. The second kappa shape index (κ2) is 7.44. The van der Waals surface area contributed by atoms with Crippen LogP contribution in [0.3, 0.4) is 0 Å². The van der Waals surface area contributed by atoms with Gasteiger partial charge in [0, 0.05) is 25.2 Å². The molecule has 0 bridgehead atoms. The maximum atomic E-state index is 12.3. The third-order valence-corrected chi connectivity index (χ3v) is 3.82. The van der Waals surface area contributed by atoms with Crippen molar-refractivity contribution in [2.24, 2.45) is 0 Å². The quantitative estimate of drug-likeness (QED) is 0.616. The largest absolute Gasteiger partial charge is 0.446 e. The molecule has 0 aliphatic rings.